The third kappa shape index (κ3) is 2.01. The van der Waals surface area contributed by atoms with Gasteiger partial charge in [0.25, 0.3) is 0 Å². The van der Waals surface area contributed by atoms with Gasteiger partial charge >= 0.3 is 0 Å². The fraction of sp³-hybridized carbons (Fsp3) is 1.00. The maximum Gasteiger partial charge on any atom is 0.0550 e. The van der Waals surface area contributed by atoms with Crippen molar-refractivity contribution in [1.29, 1.82) is 0 Å². The average Bonchev–Trinajstić information content (AvgIpc) is 2.23. The minimum absolute atomic E-state index is 0.354. The third-order valence-corrected chi connectivity index (χ3v) is 4.57. The minimum Gasteiger partial charge on any atom is -0.381 e. The second kappa shape index (κ2) is 5.03. The first-order valence-electron chi connectivity index (χ1n) is 6.56. The smallest absolute Gasteiger partial charge is 0.0550 e. The van der Waals surface area contributed by atoms with Gasteiger partial charge < -0.3 is 15.2 Å². The monoisotopic (exact) mass is 227 g/mol. The van der Waals surface area contributed by atoms with Gasteiger partial charge in [0.05, 0.1) is 13.2 Å². The highest BCUT2D eigenvalue weighted by Crippen LogP contribution is 2.49. The first kappa shape index (κ1) is 12.3. The molecule has 2 aliphatic rings. The van der Waals surface area contributed by atoms with Crippen LogP contribution in [0.15, 0.2) is 0 Å². The van der Waals surface area contributed by atoms with Crippen LogP contribution >= 0.6 is 0 Å². The van der Waals surface area contributed by atoms with E-state index in [1.54, 1.807) is 0 Å². The Balaban J connectivity index is 2.10. The van der Waals surface area contributed by atoms with Crippen LogP contribution in [0.3, 0.4) is 0 Å². The molecule has 2 saturated heterocycles. The molecule has 0 aromatic rings. The molecule has 3 nitrogen and oxygen atoms in total. The predicted octanol–water partition coefficient (Wildman–Crippen LogP) is 1.66. The molecule has 0 aliphatic carbocycles. The molecule has 0 bridgehead atoms. The topological polar surface area (TPSA) is 44.5 Å². The van der Waals surface area contributed by atoms with Crippen molar-refractivity contribution in [2.24, 2.45) is 28.9 Å². The highest BCUT2D eigenvalue weighted by molar-refractivity contribution is 4.98. The largest absolute Gasteiger partial charge is 0.381 e. The van der Waals surface area contributed by atoms with E-state index in [1.807, 2.05) is 0 Å². The van der Waals surface area contributed by atoms with Gasteiger partial charge in [0.15, 0.2) is 0 Å². The van der Waals surface area contributed by atoms with Crippen molar-refractivity contribution in [3.8, 4) is 0 Å². The highest BCUT2D eigenvalue weighted by atomic mass is 16.5. The summed E-state index contributed by atoms with van der Waals surface area (Å²) in [6.45, 7) is 9.03. The van der Waals surface area contributed by atoms with E-state index in [2.05, 4.69) is 13.8 Å². The van der Waals surface area contributed by atoms with E-state index in [4.69, 9.17) is 15.2 Å². The summed E-state index contributed by atoms with van der Waals surface area (Å²) in [6.07, 6.45) is 2.37. The molecule has 1 atom stereocenters. The molecule has 0 radical (unpaired) electrons. The Labute approximate surface area is 98.7 Å². The van der Waals surface area contributed by atoms with Crippen molar-refractivity contribution < 1.29 is 9.47 Å². The number of ether oxygens (including phenoxy) is 2. The Morgan fingerprint density at radius 2 is 1.81 bits per heavy atom. The van der Waals surface area contributed by atoms with E-state index in [0.717, 1.165) is 38.9 Å². The quantitative estimate of drug-likeness (QED) is 0.794. The van der Waals surface area contributed by atoms with E-state index in [-0.39, 0.29) is 0 Å². The summed E-state index contributed by atoms with van der Waals surface area (Å²) in [5.74, 6) is 2.01. The lowest BCUT2D eigenvalue weighted by atomic mass is 9.59. The van der Waals surface area contributed by atoms with Crippen LogP contribution in [0, 0.1) is 23.2 Å². The number of hydrogen-bond acceptors (Lipinski definition) is 3. The van der Waals surface area contributed by atoms with Gasteiger partial charge in [-0.05, 0) is 37.1 Å². The molecule has 16 heavy (non-hydrogen) atoms. The van der Waals surface area contributed by atoms with E-state index < -0.39 is 0 Å². The lowest BCUT2D eigenvalue weighted by molar-refractivity contribution is -0.198. The summed E-state index contributed by atoms with van der Waals surface area (Å²) < 4.78 is 11.0. The Morgan fingerprint density at radius 1 is 1.19 bits per heavy atom. The first-order valence-corrected chi connectivity index (χ1v) is 6.56. The van der Waals surface area contributed by atoms with Crippen LogP contribution in [0.4, 0.5) is 0 Å². The van der Waals surface area contributed by atoms with E-state index in [9.17, 15) is 0 Å². The fourth-order valence-electron chi connectivity index (χ4n) is 3.53. The van der Waals surface area contributed by atoms with Crippen molar-refractivity contribution in [2.75, 3.05) is 33.0 Å². The normalized spacial score (nSPS) is 27.8. The molecular formula is C13H25NO2. The van der Waals surface area contributed by atoms with Gasteiger partial charge in [0, 0.05) is 18.6 Å². The number of rotatable bonds is 4. The van der Waals surface area contributed by atoms with E-state index in [0.29, 0.717) is 17.3 Å². The Kier molecular flexibility index (Phi) is 3.88. The SMILES string of the molecule is CC(C)C(CN)C1(C2CCOCC2)COC1. The predicted molar refractivity (Wildman–Crippen MR) is 64.2 cm³/mol. The molecule has 94 valence electrons. The van der Waals surface area contributed by atoms with Crippen molar-refractivity contribution >= 4 is 0 Å². The summed E-state index contributed by atoms with van der Waals surface area (Å²) in [5.41, 5.74) is 6.34. The lowest BCUT2D eigenvalue weighted by Crippen LogP contribution is -2.57. The number of nitrogens with two attached hydrogens (primary N) is 1. The molecule has 3 heteroatoms. The van der Waals surface area contributed by atoms with Gasteiger partial charge in [0.1, 0.15) is 0 Å². The molecule has 0 amide bonds. The van der Waals surface area contributed by atoms with Gasteiger partial charge in [-0.1, -0.05) is 13.8 Å². The lowest BCUT2D eigenvalue weighted by Gasteiger charge is -2.54. The van der Waals surface area contributed by atoms with Crippen LogP contribution in [0.1, 0.15) is 26.7 Å². The Bertz CT molecular complexity index is 220. The maximum atomic E-state index is 5.99. The van der Waals surface area contributed by atoms with Crippen LogP contribution in [0.25, 0.3) is 0 Å². The average molecular weight is 227 g/mol. The molecule has 0 aromatic carbocycles. The van der Waals surface area contributed by atoms with Crippen molar-refractivity contribution in [3.05, 3.63) is 0 Å². The molecule has 2 N–H and O–H groups in total. The van der Waals surface area contributed by atoms with Crippen molar-refractivity contribution in [1.82, 2.24) is 0 Å². The molecule has 2 heterocycles. The van der Waals surface area contributed by atoms with Crippen LogP contribution in [-0.4, -0.2) is 33.0 Å². The van der Waals surface area contributed by atoms with Crippen molar-refractivity contribution in [2.45, 2.75) is 26.7 Å². The Morgan fingerprint density at radius 3 is 2.19 bits per heavy atom. The second-order valence-electron chi connectivity index (χ2n) is 5.70. The van der Waals surface area contributed by atoms with Crippen molar-refractivity contribution in [3.63, 3.8) is 0 Å². The van der Waals surface area contributed by atoms with Gasteiger partial charge in [-0.25, -0.2) is 0 Å². The summed E-state index contributed by atoms with van der Waals surface area (Å²) in [6, 6.07) is 0. The van der Waals surface area contributed by atoms with Gasteiger partial charge in [-0.2, -0.15) is 0 Å². The molecule has 1 unspecified atom stereocenters. The summed E-state index contributed by atoms with van der Waals surface area (Å²) in [7, 11) is 0. The summed E-state index contributed by atoms with van der Waals surface area (Å²) in [4.78, 5) is 0. The van der Waals surface area contributed by atoms with Crippen LogP contribution in [0.2, 0.25) is 0 Å². The summed E-state index contributed by atoms with van der Waals surface area (Å²) >= 11 is 0. The van der Waals surface area contributed by atoms with Crippen LogP contribution in [-0.2, 0) is 9.47 Å². The van der Waals surface area contributed by atoms with E-state index in [1.165, 1.54) is 12.8 Å². The standard InChI is InChI=1S/C13H25NO2/c1-10(2)12(7-14)13(8-16-9-13)11-3-5-15-6-4-11/h10-12H,3-9,14H2,1-2H3. The molecule has 0 spiro atoms. The molecule has 2 rings (SSSR count). The fourth-order valence-corrected chi connectivity index (χ4v) is 3.53. The number of hydrogen-bond donors (Lipinski definition) is 1. The molecule has 0 aromatic heterocycles. The van der Waals surface area contributed by atoms with Gasteiger partial charge in [-0.3, -0.25) is 0 Å². The van der Waals surface area contributed by atoms with Crippen LogP contribution in [0.5, 0.6) is 0 Å². The minimum atomic E-state index is 0.354. The molecule has 0 saturated carbocycles. The highest BCUT2D eigenvalue weighted by Gasteiger charge is 2.51. The van der Waals surface area contributed by atoms with Gasteiger partial charge in [0.2, 0.25) is 0 Å². The van der Waals surface area contributed by atoms with E-state index >= 15 is 0 Å². The second-order valence-corrected chi connectivity index (χ2v) is 5.70. The van der Waals surface area contributed by atoms with Gasteiger partial charge in [-0.15, -0.1) is 0 Å². The molecule has 2 fully saturated rings. The molecule has 2 aliphatic heterocycles. The zero-order chi connectivity index (χ0) is 11.6. The summed E-state index contributed by atoms with van der Waals surface area (Å²) in [5, 5.41) is 0. The zero-order valence-electron chi connectivity index (χ0n) is 10.6. The Hall–Kier alpha value is -0.120. The van der Waals surface area contributed by atoms with Crippen LogP contribution < -0.4 is 5.73 Å². The molecular weight excluding hydrogens is 202 g/mol. The maximum absolute atomic E-state index is 5.99. The third-order valence-electron chi connectivity index (χ3n) is 4.57. The zero-order valence-corrected chi connectivity index (χ0v) is 10.6. The first-order chi connectivity index (χ1) is 7.70.